The highest BCUT2D eigenvalue weighted by Gasteiger charge is 2.15. The summed E-state index contributed by atoms with van der Waals surface area (Å²) >= 11 is 0. The Balaban J connectivity index is 0.00000450. The van der Waals surface area contributed by atoms with Crippen molar-refractivity contribution in [3.05, 3.63) is 29.8 Å². The third-order valence-corrected chi connectivity index (χ3v) is 4.62. The molecule has 0 aromatic heterocycles. The van der Waals surface area contributed by atoms with Gasteiger partial charge in [-0.2, -0.15) is 0 Å². The average molecular weight is 532 g/mol. The number of hydrogen-bond acceptors (Lipinski definition) is 4. The number of nitrogens with one attached hydrogen (secondary N) is 3. The summed E-state index contributed by atoms with van der Waals surface area (Å²) in [6, 6.07) is 7.87. The maximum absolute atomic E-state index is 11.9. The lowest BCUT2D eigenvalue weighted by Gasteiger charge is -2.13. The molecule has 1 aliphatic heterocycles. The first kappa shape index (κ1) is 26.6. The number of benzene rings is 1. The van der Waals surface area contributed by atoms with Crippen molar-refractivity contribution >= 4 is 41.5 Å². The molecule has 2 rings (SSSR count). The number of rotatable bonds is 11. The van der Waals surface area contributed by atoms with E-state index in [1.807, 2.05) is 38.1 Å². The third-order valence-electron chi connectivity index (χ3n) is 4.62. The van der Waals surface area contributed by atoms with E-state index in [2.05, 4.69) is 20.9 Å². The SMILES string of the molecule is CN=C(NCCCOCC1CCOC1)NCc1cccc(NC(=O)CC(C)C)c1.I. The van der Waals surface area contributed by atoms with Crippen molar-refractivity contribution in [2.45, 2.75) is 39.7 Å². The Morgan fingerprint density at radius 1 is 1.33 bits per heavy atom. The Morgan fingerprint density at radius 2 is 2.17 bits per heavy atom. The highest BCUT2D eigenvalue weighted by atomic mass is 127. The van der Waals surface area contributed by atoms with Crippen LogP contribution in [-0.2, 0) is 20.8 Å². The second kappa shape index (κ2) is 15.4. The molecule has 1 atom stereocenters. The van der Waals surface area contributed by atoms with Crippen LogP contribution in [0.15, 0.2) is 29.3 Å². The van der Waals surface area contributed by atoms with Gasteiger partial charge in [0.15, 0.2) is 5.96 Å². The van der Waals surface area contributed by atoms with Gasteiger partial charge in [-0.15, -0.1) is 24.0 Å². The van der Waals surface area contributed by atoms with Gasteiger partial charge in [0.1, 0.15) is 0 Å². The number of amides is 1. The number of anilines is 1. The second-order valence-corrected chi connectivity index (χ2v) is 7.86. The normalized spacial score (nSPS) is 16.3. The molecule has 1 amide bonds. The number of carbonyl (C=O) groups excluding carboxylic acids is 1. The molecule has 7 nitrogen and oxygen atoms in total. The molecular weight excluding hydrogens is 495 g/mol. The van der Waals surface area contributed by atoms with Crippen LogP contribution in [0.2, 0.25) is 0 Å². The van der Waals surface area contributed by atoms with Crippen molar-refractivity contribution < 1.29 is 14.3 Å². The molecule has 1 aliphatic rings. The Bertz CT molecular complexity index is 649. The number of guanidine groups is 1. The number of halogens is 1. The Hall–Kier alpha value is -1.39. The lowest BCUT2D eigenvalue weighted by Crippen LogP contribution is -2.37. The van der Waals surface area contributed by atoms with E-state index >= 15 is 0 Å². The van der Waals surface area contributed by atoms with Crippen LogP contribution in [0.1, 0.15) is 38.7 Å². The van der Waals surface area contributed by atoms with Crippen LogP contribution >= 0.6 is 24.0 Å². The number of nitrogens with zero attached hydrogens (tertiary/aromatic N) is 1. The summed E-state index contributed by atoms with van der Waals surface area (Å²) in [5.41, 5.74) is 1.90. The molecule has 0 spiro atoms. The molecule has 170 valence electrons. The van der Waals surface area contributed by atoms with Gasteiger partial charge in [-0.05, 0) is 36.5 Å². The minimum absolute atomic E-state index is 0. The fraction of sp³-hybridized carbons (Fsp3) is 0.636. The van der Waals surface area contributed by atoms with Crippen molar-refractivity contribution in [3.63, 3.8) is 0 Å². The molecule has 0 bridgehead atoms. The topological polar surface area (TPSA) is 84.0 Å². The lowest BCUT2D eigenvalue weighted by molar-refractivity contribution is -0.116. The van der Waals surface area contributed by atoms with Crippen molar-refractivity contribution in [1.82, 2.24) is 10.6 Å². The first-order valence-electron chi connectivity index (χ1n) is 10.6. The smallest absolute Gasteiger partial charge is 0.224 e. The van der Waals surface area contributed by atoms with Crippen LogP contribution in [0.4, 0.5) is 5.69 Å². The number of aliphatic imine (C=N–C) groups is 1. The van der Waals surface area contributed by atoms with Gasteiger partial charge in [-0.25, -0.2) is 0 Å². The number of ether oxygens (including phenoxy) is 2. The first-order chi connectivity index (χ1) is 14.1. The van der Waals surface area contributed by atoms with Crippen molar-refractivity contribution in [2.75, 3.05) is 45.3 Å². The molecule has 1 aromatic carbocycles. The van der Waals surface area contributed by atoms with Gasteiger partial charge in [0.25, 0.3) is 0 Å². The van der Waals surface area contributed by atoms with Gasteiger partial charge in [0, 0.05) is 51.4 Å². The van der Waals surface area contributed by atoms with Crippen LogP contribution in [0, 0.1) is 11.8 Å². The van der Waals surface area contributed by atoms with E-state index in [0.29, 0.717) is 24.8 Å². The van der Waals surface area contributed by atoms with E-state index in [1.165, 1.54) is 0 Å². The zero-order valence-electron chi connectivity index (χ0n) is 18.4. The molecule has 0 aliphatic carbocycles. The van der Waals surface area contributed by atoms with E-state index in [1.54, 1.807) is 7.05 Å². The van der Waals surface area contributed by atoms with Gasteiger partial charge in [0.2, 0.25) is 5.91 Å². The van der Waals surface area contributed by atoms with Gasteiger partial charge in [-0.3, -0.25) is 9.79 Å². The third kappa shape index (κ3) is 11.1. The first-order valence-corrected chi connectivity index (χ1v) is 10.6. The summed E-state index contributed by atoms with van der Waals surface area (Å²) in [6.07, 6.45) is 2.56. The summed E-state index contributed by atoms with van der Waals surface area (Å²) in [6.45, 7) is 8.72. The Labute approximate surface area is 197 Å². The fourth-order valence-electron chi connectivity index (χ4n) is 3.09. The fourth-order valence-corrected chi connectivity index (χ4v) is 3.09. The highest BCUT2D eigenvalue weighted by molar-refractivity contribution is 14.0. The van der Waals surface area contributed by atoms with Crippen LogP contribution < -0.4 is 16.0 Å². The van der Waals surface area contributed by atoms with E-state index < -0.39 is 0 Å². The van der Waals surface area contributed by atoms with Gasteiger partial charge < -0.3 is 25.4 Å². The largest absolute Gasteiger partial charge is 0.381 e. The molecule has 8 heteroatoms. The molecular formula is C22H37IN4O3. The standard InChI is InChI=1S/C22H36N4O3.HI/c1-17(2)12-21(27)26-20-7-4-6-18(13-20)14-25-22(23-3)24-9-5-10-28-15-19-8-11-29-16-19;/h4,6-7,13,17,19H,5,8-12,14-16H2,1-3H3,(H,26,27)(H2,23,24,25);1H. The minimum Gasteiger partial charge on any atom is -0.381 e. The predicted molar refractivity (Wildman–Crippen MR) is 133 cm³/mol. The van der Waals surface area contributed by atoms with Gasteiger partial charge in [-0.1, -0.05) is 26.0 Å². The van der Waals surface area contributed by atoms with Crippen LogP contribution in [0.5, 0.6) is 0 Å². The summed E-state index contributed by atoms with van der Waals surface area (Å²) in [5.74, 6) is 1.70. The summed E-state index contributed by atoms with van der Waals surface area (Å²) in [4.78, 5) is 16.2. The highest BCUT2D eigenvalue weighted by Crippen LogP contribution is 2.13. The van der Waals surface area contributed by atoms with Crippen LogP contribution in [0.3, 0.4) is 0 Å². The monoisotopic (exact) mass is 532 g/mol. The van der Waals surface area contributed by atoms with E-state index in [0.717, 1.165) is 63.0 Å². The Kier molecular flexibility index (Phi) is 13.7. The maximum atomic E-state index is 11.9. The average Bonchev–Trinajstić information content (AvgIpc) is 3.20. The minimum atomic E-state index is 0. The zero-order valence-corrected chi connectivity index (χ0v) is 20.7. The molecule has 1 saturated heterocycles. The van der Waals surface area contributed by atoms with Crippen molar-refractivity contribution in [1.29, 1.82) is 0 Å². The molecule has 0 saturated carbocycles. The van der Waals surface area contributed by atoms with E-state index in [9.17, 15) is 4.79 Å². The molecule has 1 aromatic rings. The zero-order chi connectivity index (χ0) is 20.9. The molecule has 0 radical (unpaired) electrons. The molecule has 30 heavy (non-hydrogen) atoms. The molecule has 1 unspecified atom stereocenters. The van der Waals surface area contributed by atoms with E-state index in [4.69, 9.17) is 9.47 Å². The summed E-state index contributed by atoms with van der Waals surface area (Å²) in [7, 11) is 1.76. The molecule has 1 heterocycles. The van der Waals surface area contributed by atoms with Crippen LogP contribution in [-0.4, -0.2) is 51.9 Å². The van der Waals surface area contributed by atoms with E-state index in [-0.39, 0.29) is 29.9 Å². The van der Waals surface area contributed by atoms with Crippen LogP contribution in [0.25, 0.3) is 0 Å². The van der Waals surface area contributed by atoms with Gasteiger partial charge in [0.05, 0.1) is 13.2 Å². The lowest BCUT2D eigenvalue weighted by atomic mass is 10.1. The maximum Gasteiger partial charge on any atom is 0.224 e. The summed E-state index contributed by atoms with van der Waals surface area (Å²) in [5, 5.41) is 9.56. The Morgan fingerprint density at radius 3 is 2.87 bits per heavy atom. The number of carbonyl (C=O) groups is 1. The van der Waals surface area contributed by atoms with Gasteiger partial charge >= 0.3 is 0 Å². The quantitative estimate of drug-likeness (QED) is 0.176. The summed E-state index contributed by atoms with van der Waals surface area (Å²) < 4.78 is 11.1. The van der Waals surface area contributed by atoms with Crippen molar-refractivity contribution in [2.24, 2.45) is 16.8 Å². The predicted octanol–water partition coefficient (Wildman–Crippen LogP) is 3.40. The molecule has 1 fully saturated rings. The molecule has 3 N–H and O–H groups in total. The van der Waals surface area contributed by atoms with Crippen molar-refractivity contribution in [3.8, 4) is 0 Å². The second-order valence-electron chi connectivity index (χ2n) is 7.86. The number of hydrogen-bond donors (Lipinski definition) is 3.